The van der Waals surface area contributed by atoms with Crippen molar-refractivity contribution in [3.63, 3.8) is 0 Å². The molecule has 2 bridgehead atoms. The Hall–Kier alpha value is -1.32. The lowest BCUT2D eigenvalue weighted by Crippen LogP contribution is -2.58. The van der Waals surface area contributed by atoms with E-state index in [9.17, 15) is 9.59 Å². The normalized spacial score (nSPS) is 38.1. The third-order valence-corrected chi connectivity index (χ3v) is 5.08. The van der Waals surface area contributed by atoms with Crippen LogP contribution in [0.25, 0.3) is 0 Å². The second-order valence-electron chi connectivity index (χ2n) is 7.09. The maximum Gasteiger partial charge on any atom is 0.310 e. The third-order valence-electron chi connectivity index (χ3n) is 5.08. The average Bonchev–Trinajstić information content (AvgIpc) is 2.33. The van der Waals surface area contributed by atoms with Gasteiger partial charge in [0.1, 0.15) is 0 Å². The maximum atomic E-state index is 12.3. The van der Waals surface area contributed by atoms with Crippen molar-refractivity contribution in [1.29, 1.82) is 0 Å². The summed E-state index contributed by atoms with van der Waals surface area (Å²) in [6, 6.07) is 0. The molecule has 3 rings (SSSR count). The molecule has 0 N–H and O–H groups in total. The van der Waals surface area contributed by atoms with Gasteiger partial charge in [-0.2, -0.15) is 0 Å². The van der Waals surface area contributed by atoms with Gasteiger partial charge < -0.3 is 9.47 Å². The van der Waals surface area contributed by atoms with Gasteiger partial charge >= 0.3 is 11.9 Å². The van der Waals surface area contributed by atoms with Gasteiger partial charge in [0.15, 0.2) is 0 Å². The molecule has 4 heteroatoms. The summed E-state index contributed by atoms with van der Waals surface area (Å²) < 4.78 is 9.94. The first-order chi connectivity index (χ1) is 9.18. The van der Waals surface area contributed by atoms with Gasteiger partial charge in [-0.15, -0.1) is 0 Å². The standard InChI is InChI=1S/C16H24O4/c1-9-7-16(4)8-15(2,3)11(9)10(13(17)19-5)12(16)14(18)20-6/h7,10-12H,8H2,1-6H3/t10-,11-,12-,16-/m0/s1. The fourth-order valence-corrected chi connectivity index (χ4v) is 4.89. The molecular formula is C16H24O4. The highest BCUT2D eigenvalue weighted by molar-refractivity contribution is 5.84. The number of ether oxygens (including phenoxy) is 2. The van der Waals surface area contributed by atoms with E-state index in [0.29, 0.717) is 0 Å². The largest absolute Gasteiger partial charge is 0.469 e. The molecular weight excluding hydrogens is 256 g/mol. The lowest BCUT2D eigenvalue weighted by Gasteiger charge is -2.58. The van der Waals surface area contributed by atoms with E-state index in [0.717, 1.165) is 6.42 Å². The van der Waals surface area contributed by atoms with E-state index in [1.807, 2.05) is 13.8 Å². The van der Waals surface area contributed by atoms with Crippen molar-refractivity contribution in [3.8, 4) is 0 Å². The molecule has 0 spiro atoms. The second kappa shape index (κ2) is 4.61. The zero-order valence-corrected chi connectivity index (χ0v) is 13.1. The summed E-state index contributed by atoms with van der Waals surface area (Å²) in [5.41, 5.74) is 0.796. The predicted octanol–water partition coefficient (Wildman–Crippen LogP) is 2.58. The summed E-state index contributed by atoms with van der Waals surface area (Å²) >= 11 is 0. The van der Waals surface area contributed by atoms with Crippen LogP contribution in [0.3, 0.4) is 0 Å². The molecule has 20 heavy (non-hydrogen) atoms. The molecule has 0 aliphatic heterocycles. The number of esters is 2. The van der Waals surface area contributed by atoms with Gasteiger partial charge in [0, 0.05) is 5.41 Å². The summed E-state index contributed by atoms with van der Waals surface area (Å²) in [6.45, 7) is 8.42. The zero-order chi connectivity index (χ0) is 15.3. The second-order valence-corrected chi connectivity index (χ2v) is 7.09. The smallest absolute Gasteiger partial charge is 0.310 e. The van der Waals surface area contributed by atoms with Gasteiger partial charge in [-0.1, -0.05) is 32.4 Å². The minimum Gasteiger partial charge on any atom is -0.469 e. The van der Waals surface area contributed by atoms with E-state index in [1.165, 1.54) is 19.8 Å². The Morgan fingerprint density at radius 2 is 1.70 bits per heavy atom. The number of hydrogen-bond donors (Lipinski definition) is 0. The Labute approximate surface area is 120 Å². The van der Waals surface area contributed by atoms with Crippen LogP contribution < -0.4 is 0 Å². The average molecular weight is 280 g/mol. The number of carbonyl (C=O) groups excluding carboxylic acids is 2. The molecule has 4 atom stereocenters. The van der Waals surface area contributed by atoms with Gasteiger partial charge in [0.05, 0.1) is 26.1 Å². The zero-order valence-electron chi connectivity index (χ0n) is 13.1. The first-order valence-electron chi connectivity index (χ1n) is 7.03. The molecule has 0 aromatic rings. The van der Waals surface area contributed by atoms with E-state index in [1.54, 1.807) is 0 Å². The van der Waals surface area contributed by atoms with Crippen molar-refractivity contribution in [3.05, 3.63) is 11.6 Å². The Kier molecular flexibility index (Phi) is 3.47. The predicted molar refractivity (Wildman–Crippen MR) is 74.8 cm³/mol. The van der Waals surface area contributed by atoms with Crippen molar-refractivity contribution in [1.82, 2.24) is 0 Å². The van der Waals surface area contributed by atoms with Gasteiger partial charge in [-0.05, 0) is 24.7 Å². The number of carbonyl (C=O) groups is 2. The Morgan fingerprint density at radius 3 is 2.15 bits per heavy atom. The SMILES string of the molecule is COC(=O)[C@@H]1[C@@H](C(=O)OC)[C@@]2(C)C=C(C)[C@@H]1C(C)(C)C2. The fraction of sp³-hybridized carbons (Fsp3) is 0.750. The first kappa shape index (κ1) is 15.1. The van der Waals surface area contributed by atoms with Crippen LogP contribution in [0.15, 0.2) is 11.6 Å². The summed E-state index contributed by atoms with van der Waals surface area (Å²) in [5.74, 6) is -1.50. The quantitative estimate of drug-likeness (QED) is 0.576. The highest BCUT2D eigenvalue weighted by atomic mass is 16.5. The van der Waals surface area contributed by atoms with Gasteiger partial charge in [-0.25, -0.2) is 0 Å². The van der Waals surface area contributed by atoms with E-state index < -0.39 is 11.8 Å². The summed E-state index contributed by atoms with van der Waals surface area (Å²) in [4.78, 5) is 24.6. The number of rotatable bonds is 2. The monoisotopic (exact) mass is 280 g/mol. The summed E-state index contributed by atoms with van der Waals surface area (Å²) in [7, 11) is 2.76. The molecule has 0 heterocycles. The Balaban J connectivity index is 2.59. The first-order valence-corrected chi connectivity index (χ1v) is 7.03. The van der Waals surface area contributed by atoms with Crippen LogP contribution in [0.5, 0.6) is 0 Å². The lowest BCUT2D eigenvalue weighted by molar-refractivity contribution is -0.176. The number of allylic oxidation sites excluding steroid dienone is 2. The maximum absolute atomic E-state index is 12.3. The van der Waals surface area contributed by atoms with Crippen molar-refractivity contribution >= 4 is 11.9 Å². The molecule has 0 radical (unpaired) electrons. The van der Waals surface area contributed by atoms with Crippen LogP contribution >= 0.6 is 0 Å². The van der Waals surface area contributed by atoms with Gasteiger partial charge in [0.2, 0.25) is 0 Å². The molecule has 0 amide bonds. The van der Waals surface area contributed by atoms with Crippen LogP contribution in [-0.4, -0.2) is 26.2 Å². The third kappa shape index (κ3) is 1.97. The molecule has 0 aromatic heterocycles. The van der Waals surface area contributed by atoms with Crippen LogP contribution in [0.1, 0.15) is 34.1 Å². The number of hydrogen-bond acceptors (Lipinski definition) is 4. The van der Waals surface area contributed by atoms with Gasteiger partial charge in [-0.3, -0.25) is 9.59 Å². The summed E-state index contributed by atoms with van der Waals surface area (Å²) in [5, 5.41) is 0. The highest BCUT2D eigenvalue weighted by Gasteiger charge is 2.62. The minimum atomic E-state index is -0.457. The fourth-order valence-electron chi connectivity index (χ4n) is 4.89. The molecule has 4 nitrogen and oxygen atoms in total. The van der Waals surface area contributed by atoms with E-state index in [2.05, 4.69) is 19.9 Å². The topological polar surface area (TPSA) is 52.6 Å². The highest BCUT2D eigenvalue weighted by Crippen LogP contribution is 2.62. The van der Waals surface area contributed by atoms with Gasteiger partial charge in [0.25, 0.3) is 0 Å². The Morgan fingerprint density at radius 1 is 1.15 bits per heavy atom. The molecule has 3 aliphatic rings. The number of methoxy groups -OCH3 is 2. The molecule has 0 aromatic carbocycles. The molecule has 0 unspecified atom stereocenters. The van der Waals surface area contributed by atoms with Crippen LogP contribution in [0.2, 0.25) is 0 Å². The lowest BCUT2D eigenvalue weighted by atomic mass is 9.45. The van der Waals surface area contributed by atoms with Crippen molar-refractivity contribution in [2.75, 3.05) is 14.2 Å². The van der Waals surface area contributed by atoms with Crippen molar-refractivity contribution in [2.45, 2.75) is 34.1 Å². The minimum absolute atomic E-state index is 0.0286. The Bertz CT molecular complexity index is 477. The van der Waals surface area contributed by atoms with E-state index >= 15 is 0 Å². The molecule has 3 aliphatic carbocycles. The van der Waals surface area contributed by atoms with E-state index in [-0.39, 0.29) is 28.7 Å². The summed E-state index contributed by atoms with van der Waals surface area (Å²) in [6.07, 6.45) is 3.03. The van der Waals surface area contributed by atoms with Crippen molar-refractivity contribution < 1.29 is 19.1 Å². The molecule has 1 fully saturated rings. The number of fused-ring (bicyclic) bond motifs is 2. The van der Waals surface area contributed by atoms with Crippen molar-refractivity contribution in [2.24, 2.45) is 28.6 Å². The molecule has 1 saturated carbocycles. The molecule has 0 saturated heterocycles. The van der Waals surface area contributed by atoms with Crippen LogP contribution in [0.4, 0.5) is 0 Å². The van der Waals surface area contributed by atoms with Crippen LogP contribution in [-0.2, 0) is 19.1 Å². The van der Waals surface area contributed by atoms with Crippen LogP contribution in [0, 0.1) is 28.6 Å². The van der Waals surface area contributed by atoms with E-state index in [4.69, 9.17) is 9.47 Å². The molecule has 112 valence electrons.